The van der Waals surface area contributed by atoms with Gasteiger partial charge in [-0.25, -0.2) is 14.2 Å². The Morgan fingerprint density at radius 3 is 2.75 bits per heavy atom. The first kappa shape index (κ1) is 25.2. The van der Waals surface area contributed by atoms with Crippen LogP contribution in [0.5, 0.6) is 11.5 Å². The summed E-state index contributed by atoms with van der Waals surface area (Å²) in [7, 11) is 0. The van der Waals surface area contributed by atoms with Crippen LogP contribution in [0.25, 0.3) is 10.1 Å². The minimum atomic E-state index is -0.825. The van der Waals surface area contributed by atoms with Crippen molar-refractivity contribution in [3.05, 3.63) is 75.5 Å². The summed E-state index contributed by atoms with van der Waals surface area (Å²) in [5.74, 6) is 0.0151. The van der Waals surface area contributed by atoms with Gasteiger partial charge in [0.2, 0.25) is 0 Å². The van der Waals surface area contributed by atoms with Crippen molar-refractivity contribution in [2.75, 3.05) is 17.7 Å². The minimum absolute atomic E-state index is 0.136. The molecule has 2 aromatic heterocycles. The number of ether oxygens (including phenoxy) is 3. The van der Waals surface area contributed by atoms with Crippen LogP contribution in [0.3, 0.4) is 0 Å². The molecular weight excluding hydrogens is 509 g/mol. The number of benzene rings is 2. The highest BCUT2D eigenvalue weighted by molar-refractivity contribution is 7.17. The number of hydrogen-bond acceptors (Lipinski definition) is 8. The lowest BCUT2D eigenvalue weighted by Gasteiger charge is -2.12. The van der Waals surface area contributed by atoms with Crippen LogP contribution >= 0.6 is 22.9 Å². The molecule has 1 amide bonds. The molecule has 36 heavy (non-hydrogen) atoms. The lowest BCUT2D eigenvalue weighted by atomic mass is 10.1. The fraction of sp³-hybridized carbons (Fsp3) is 0.160. The predicted octanol–water partition coefficient (Wildman–Crippen LogP) is 6.35. The Hall–Kier alpha value is -3.89. The van der Waals surface area contributed by atoms with Crippen molar-refractivity contribution in [2.24, 2.45) is 0 Å². The fourth-order valence-electron chi connectivity index (χ4n) is 3.35. The third-order valence-corrected chi connectivity index (χ3v) is 6.47. The molecule has 0 bridgehead atoms. The Labute approximate surface area is 214 Å². The number of amides is 1. The van der Waals surface area contributed by atoms with E-state index < -0.39 is 17.9 Å². The number of thiophene rings is 1. The number of nitrogens with two attached hydrogens (primary N) is 1. The molecule has 0 saturated carbocycles. The van der Waals surface area contributed by atoms with Gasteiger partial charge in [-0.15, -0.1) is 11.3 Å². The van der Waals surface area contributed by atoms with E-state index in [4.69, 9.17) is 31.5 Å². The van der Waals surface area contributed by atoms with Crippen LogP contribution in [0.4, 0.5) is 20.7 Å². The normalized spacial score (nSPS) is 10.8. The van der Waals surface area contributed by atoms with E-state index in [0.29, 0.717) is 21.5 Å². The molecule has 0 aliphatic rings. The van der Waals surface area contributed by atoms with Crippen LogP contribution in [0.1, 0.15) is 28.4 Å². The molecule has 0 unspecified atom stereocenters. The molecule has 0 aliphatic heterocycles. The van der Waals surface area contributed by atoms with Gasteiger partial charge in [0.25, 0.3) is 5.91 Å². The van der Waals surface area contributed by atoms with E-state index in [1.54, 1.807) is 25.1 Å². The molecule has 186 valence electrons. The van der Waals surface area contributed by atoms with E-state index in [0.717, 1.165) is 17.2 Å². The third kappa shape index (κ3) is 5.50. The zero-order chi connectivity index (χ0) is 25.8. The van der Waals surface area contributed by atoms with Gasteiger partial charge < -0.3 is 25.3 Å². The predicted molar refractivity (Wildman–Crippen MR) is 137 cm³/mol. The second-order valence-corrected chi connectivity index (χ2v) is 8.90. The van der Waals surface area contributed by atoms with E-state index in [-0.39, 0.29) is 35.4 Å². The van der Waals surface area contributed by atoms with E-state index >= 15 is 0 Å². The zero-order valence-corrected chi connectivity index (χ0v) is 20.8. The molecule has 2 heterocycles. The molecule has 11 heteroatoms. The molecule has 0 spiro atoms. The van der Waals surface area contributed by atoms with Crippen LogP contribution < -0.4 is 20.5 Å². The van der Waals surface area contributed by atoms with Gasteiger partial charge in [-0.2, -0.15) is 0 Å². The number of fused-ring (bicyclic) bond motifs is 1. The summed E-state index contributed by atoms with van der Waals surface area (Å²) in [6.45, 7) is 3.89. The minimum Gasteiger partial charge on any atom is -0.489 e. The maximum absolute atomic E-state index is 13.4. The SMILES string of the molecule is CCOC(=O)Oc1cnc(N)c2c(COc3cc(NC(=O)c4ccc(F)c(Cl)c4)ccc3C)csc12. The van der Waals surface area contributed by atoms with Crippen molar-refractivity contribution < 1.29 is 28.2 Å². The smallest absolute Gasteiger partial charge is 0.489 e. The monoisotopic (exact) mass is 529 g/mol. The molecule has 8 nitrogen and oxygen atoms in total. The summed E-state index contributed by atoms with van der Waals surface area (Å²) in [4.78, 5) is 28.4. The number of aromatic nitrogens is 1. The van der Waals surface area contributed by atoms with Crippen LogP contribution in [0.2, 0.25) is 5.02 Å². The molecule has 4 aromatic rings. The largest absolute Gasteiger partial charge is 0.513 e. The van der Waals surface area contributed by atoms with Crippen LogP contribution in [0, 0.1) is 12.7 Å². The Balaban J connectivity index is 1.51. The van der Waals surface area contributed by atoms with Gasteiger partial charge in [0.1, 0.15) is 24.0 Å². The third-order valence-electron chi connectivity index (χ3n) is 5.13. The molecule has 4 rings (SSSR count). The van der Waals surface area contributed by atoms with Gasteiger partial charge in [0.05, 0.1) is 22.5 Å². The van der Waals surface area contributed by atoms with Gasteiger partial charge in [-0.3, -0.25) is 4.79 Å². The number of nitrogens with one attached hydrogen (secondary N) is 1. The van der Waals surface area contributed by atoms with Crippen molar-refractivity contribution >= 4 is 56.6 Å². The summed E-state index contributed by atoms with van der Waals surface area (Å²) < 4.78 is 30.2. The Morgan fingerprint density at radius 2 is 2.00 bits per heavy atom. The lowest BCUT2D eigenvalue weighted by molar-refractivity contribution is 0.102. The first-order chi connectivity index (χ1) is 17.3. The van der Waals surface area contributed by atoms with Gasteiger partial charge in [0, 0.05) is 28.3 Å². The second-order valence-electron chi connectivity index (χ2n) is 7.61. The van der Waals surface area contributed by atoms with E-state index in [9.17, 15) is 14.0 Å². The summed E-state index contributed by atoms with van der Waals surface area (Å²) in [6, 6.07) is 8.96. The highest BCUT2D eigenvalue weighted by Crippen LogP contribution is 2.37. The highest BCUT2D eigenvalue weighted by Gasteiger charge is 2.17. The molecular formula is C25H21ClFN3O5S. The number of halogens is 2. The van der Waals surface area contributed by atoms with E-state index in [1.165, 1.54) is 29.7 Å². The van der Waals surface area contributed by atoms with Crippen molar-refractivity contribution in [3.8, 4) is 11.5 Å². The number of hydrogen-bond donors (Lipinski definition) is 2. The average Bonchev–Trinajstić information content (AvgIpc) is 3.28. The maximum atomic E-state index is 13.4. The molecule has 2 aromatic carbocycles. The first-order valence-electron chi connectivity index (χ1n) is 10.8. The average molecular weight is 530 g/mol. The first-order valence-corrected chi connectivity index (χ1v) is 12.0. The quantitative estimate of drug-likeness (QED) is 0.268. The standard InChI is InChI=1S/C25H21ClFN3O5S/c1-3-33-25(32)35-20-10-29-23(28)21-15(12-36-22(20)21)11-34-19-9-16(6-4-13(19)2)30-24(31)14-5-7-18(27)17(26)8-14/h4-10,12H,3,11H2,1-2H3,(H2,28,29)(H,30,31). The fourth-order valence-corrected chi connectivity index (χ4v) is 4.54. The zero-order valence-electron chi connectivity index (χ0n) is 19.3. The maximum Gasteiger partial charge on any atom is 0.513 e. The molecule has 0 fully saturated rings. The Bertz CT molecular complexity index is 1460. The van der Waals surface area contributed by atoms with Gasteiger partial charge in [0.15, 0.2) is 5.75 Å². The van der Waals surface area contributed by atoms with Crippen LogP contribution in [-0.2, 0) is 11.3 Å². The molecule has 0 saturated heterocycles. The summed E-state index contributed by atoms with van der Waals surface area (Å²) >= 11 is 7.12. The number of nitrogen functional groups attached to an aromatic ring is 1. The van der Waals surface area contributed by atoms with Crippen LogP contribution in [-0.4, -0.2) is 23.7 Å². The molecule has 0 aliphatic carbocycles. The topological polar surface area (TPSA) is 113 Å². The van der Waals surface area contributed by atoms with E-state index in [2.05, 4.69) is 10.3 Å². The van der Waals surface area contributed by atoms with Crippen molar-refractivity contribution in [1.29, 1.82) is 0 Å². The molecule has 0 atom stereocenters. The van der Waals surface area contributed by atoms with Gasteiger partial charge in [-0.05, 0) is 49.1 Å². The lowest BCUT2D eigenvalue weighted by Crippen LogP contribution is -2.12. The number of aryl methyl sites for hydroxylation is 1. The van der Waals surface area contributed by atoms with Gasteiger partial charge >= 0.3 is 6.16 Å². The summed E-state index contributed by atoms with van der Waals surface area (Å²) in [5, 5.41) is 5.09. The number of nitrogens with zero attached hydrogens (tertiary/aromatic N) is 1. The van der Waals surface area contributed by atoms with Crippen molar-refractivity contribution in [2.45, 2.75) is 20.5 Å². The number of carbonyl (C=O) groups excluding carboxylic acids is 2. The number of carbonyl (C=O) groups is 2. The number of pyridine rings is 1. The van der Waals surface area contributed by atoms with Crippen molar-refractivity contribution in [1.82, 2.24) is 4.98 Å². The Morgan fingerprint density at radius 1 is 1.19 bits per heavy atom. The van der Waals surface area contributed by atoms with Crippen molar-refractivity contribution in [3.63, 3.8) is 0 Å². The van der Waals surface area contributed by atoms with E-state index in [1.807, 2.05) is 12.3 Å². The summed E-state index contributed by atoms with van der Waals surface area (Å²) in [5.41, 5.74) is 8.41. The van der Waals surface area contributed by atoms with Crippen LogP contribution in [0.15, 0.2) is 48.0 Å². The highest BCUT2D eigenvalue weighted by atomic mass is 35.5. The molecule has 3 N–H and O–H groups in total. The van der Waals surface area contributed by atoms with Gasteiger partial charge in [-0.1, -0.05) is 17.7 Å². The Kier molecular flexibility index (Phi) is 7.56. The molecule has 0 radical (unpaired) electrons. The second kappa shape index (κ2) is 10.8. The number of anilines is 2. The number of rotatable bonds is 7. The summed E-state index contributed by atoms with van der Waals surface area (Å²) in [6.07, 6.45) is 0.550.